The van der Waals surface area contributed by atoms with Crippen LogP contribution in [-0.2, 0) is 10.0 Å². The lowest BCUT2D eigenvalue weighted by Crippen LogP contribution is -2.48. The second-order valence-electron chi connectivity index (χ2n) is 6.40. The summed E-state index contributed by atoms with van der Waals surface area (Å²) in [5, 5.41) is 11.0. The molecule has 0 aliphatic carbocycles. The summed E-state index contributed by atoms with van der Waals surface area (Å²) in [5.41, 5.74) is 0.989. The van der Waals surface area contributed by atoms with Crippen molar-refractivity contribution in [3.8, 4) is 0 Å². The summed E-state index contributed by atoms with van der Waals surface area (Å²) in [5.74, 6) is -0.341. The zero-order valence-corrected chi connectivity index (χ0v) is 17.1. The molecular weight excluding hydrogens is 420 g/mol. The fraction of sp³-hybridized carbons (Fsp3) is 0.278. The molecule has 2 aromatic rings. The van der Waals surface area contributed by atoms with Gasteiger partial charge in [0.1, 0.15) is 0 Å². The number of halogens is 1. The van der Waals surface area contributed by atoms with Gasteiger partial charge in [0, 0.05) is 44.0 Å². The van der Waals surface area contributed by atoms with Crippen LogP contribution in [0.2, 0.25) is 5.02 Å². The van der Waals surface area contributed by atoms with Gasteiger partial charge in [0.15, 0.2) is 0 Å². The number of non-ortho nitro benzene ring substituents is 1. The van der Waals surface area contributed by atoms with Gasteiger partial charge in [0.25, 0.3) is 11.6 Å². The molecule has 0 saturated carbocycles. The number of nitrogens with one attached hydrogen (secondary N) is 1. The summed E-state index contributed by atoms with van der Waals surface area (Å²) in [6.45, 7) is 1.90. The highest BCUT2D eigenvalue weighted by Gasteiger charge is 2.25. The minimum absolute atomic E-state index is 0.0219. The third kappa shape index (κ3) is 4.50. The van der Waals surface area contributed by atoms with E-state index in [-0.39, 0.29) is 27.1 Å². The molecule has 0 bridgehead atoms. The van der Waals surface area contributed by atoms with E-state index in [1.165, 1.54) is 37.4 Å². The minimum Gasteiger partial charge on any atom is -0.368 e. The quantitative estimate of drug-likeness (QED) is 0.565. The summed E-state index contributed by atoms with van der Waals surface area (Å²) in [6.07, 6.45) is 0. The molecule has 154 valence electrons. The largest absolute Gasteiger partial charge is 0.368 e. The number of hydrogen-bond acceptors (Lipinski definition) is 6. The molecular formula is C18H19ClN4O5S. The number of hydrogen-bond donors (Lipinski definition) is 1. The van der Waals surface area contributed by atoms with Crippen molar-refractivity contribution >= 4 is 38.9 Å². The number of sulfonamides is 1. The molecule has 1 aliphatic rings. The SMILES string of the molecule is CNS(=O)(=O)c1ccc(Cl)c(C(=O)N2CCN(c3ccc([N+](=O)[O-])cc3)CC2)c1. The standard InChI is InChI=1S/C18H19ClN4O5S/c1-20-29(27,28)15-6-7-17(19)16(12-15)18(24)22-10-8-21(9-11-22)13-2-4-14(5-3-13)23(25)26/h2-7,12,20H,8-11H2,1H3. The van der Waals surface area contributed by atoms with Crippen molar-refractivity contribution in [3.05, 3.63) is 63.2 Å². The van der Waals surface area contributed by atoms with Crippen molar-refractivity contribution in [3.63, 3.8) is 0 Å². The molecule has 1 N–H and O–H groups in total. The Kier molecular flexibility index (Phi) is 6.06. The van der Waals surface area contributed by atoms with Crippen molar-refractivity contribution in [2.45, 2.75) is 4.90 Å². The molecule has 1 heterocycles. The van der Waals surface area contributed by atoms with Crippen molar-refractivity contribution in [2.24, 2.45) is 0 Å². The van der Waals surface area contributed by atoms with E-state index in [1.807, 2.05) is 4.90 Å². The Hall–Kier alpha value is -2.69. The number of benzene rings is 2. The van der Waals surface area contributed by atoms with E-state index in [9.17, 15) is 23.3 Å². The molecule has 0 aromatic heterocycles. The number of carbonyl (C=O) groups is 1. The number of rotatable bonds is 5. The number of nitro groups is 1. The summed E-state index contributed by atoms with van der Waals surface area (Å²) >= 11 is 6.14. The summed E-state index contributed by atoms with van der Waals surface area (Å²) < 4.78 is 26.2. The van der Waals surface area contributed by atoms with Crippen LogP contribution >= 0.6 is 11.6 Å². The van der Waals surface area contributed by atoms with E-state index in [0.29, 0.717) is 26.2 Å². The van der Waals surface area contributed by atoms with Crippen molar-refractivity contribution in [2.75, 3.05) is 38.1 Å². The number of carbonyl (C=O) groups excluding carboxylic acids is 1. The normalized spacial score (nSPS) is 14.7. The average molecular weight is 439 g/mol. The van der Waals surface area contributed by atoms with Gasteiger partial charge in [0.2, 0.25) is 10.0 Å². The molecule has 11 heteroatoms. The van der Waals surface area contributed by atoms with Gasteiger partial charge in [-0.2, -0.15) is 0 Å². The van der Waals surface area contributed by atoms with Crippen LogP contribution in [-0.4, -0.2) is 57.4 Å². The molecule has 0 spiro atoms. The van der Waals surface area contributed by atoms with Crippen LogP contribution in [0.3, 0.4) is 0 Å². The molecule has 0 radical (unpaired) electrons. The van der Waals surface area contributed by atoms with E-state index >= 15 is 0 Å². The lowest BCUT2D eigenvalue weighted by atomic mass is 10.1. The predicted octanol–water partition coefficient (Wildman–Crippen LogP) is 2.12. The first kappa shape index (κ1) is 21.0. The van der Waals surface area contributed by atoms with Crippen LogP contribution in [0.15, 0.2) is 47.4 Å². The van der Waals surface area contributed by atoms with Gasteiger partial charge in [-0.05, 0) is 37.4 Å². The highest BCUT2D eigenvalue weighted by molar-refractivity contribution is 7.89. The van der Waals surface area contributed by atoms with Crippen LogP contribution in [0.4, 0.5) is 11.4 Å². The van der Waals surface area contributed by atoms with Crippen LogP contribution in [0.1, 0.15) is 10.4 Å². The van der Waals surface area contributed by atoms with Gasteiger partial charge in [-0.25, -0.2) is 13.1 Å². The maximum atomic E-state index is 12.9. The molecule has 29 heavy (non-hydrogen) atoms. The first-order chi connectivity index (χ1) is 13.7. The Morgan fingerprint density at radius 2 is 1.72 bits per heavy atom. The Morgan fingerprint density at radius 3 is 2.28 bits per heavy atom. The lowest BCUT2D eigenvalue weighted by Gasteiger charge is -2.36. The lowest BCUT2D eigenvalue weighted by molar-refractivity contribution is -0.384. The molecule has 1 fully saturated rings. The topological polar surface area (TPSA) is 113 Å². The first-order valence-electron chi connectivity index (χ1n) is 8.74. The Bertz CT molecular complexity index is 1030. The van der Waals surface area contributed by atoms with E-state index in [0.717, 1.165) is 5.69 Å². The van der Waals surface area contributed by atoms with Gasteiger partial charge in [0.05, 0.1) is 20.4 Å². The smallest absolute Gasteiger partial charge is 0.269 e. The molecule has 3 rings (SSSR count). The summed E-state index contributed by atoms with van der Waals surface area (Å²) in [7, 11) is -2.40. The van der Waals surface area contributed by atoms with Gasteiger partial charge in [-0.3, -0.25) is 14.9 Å². The fourth-order valence-electron chi connectivity index (χ4n) is 3.08. The predicted molar refractivity (Wildman–Crippen MR) is 109 cm³/mol. The van der Waals surface area contributed by atoms with Crippen molar-refractivity contribution in [1.82, 2.24) is 9.62 Å². The molecule has 2 aromatic carbocycles. The number of anilines is 1. The van der Waals surface area contributed by atoms with E-state index in [1.54, 1.807) is 17.0 Å². The van der Waals surface area contributed by atoms with Crippen LogP contribution in [0, 0.1) is 10.1 Å². The number of amides is 1. The molecule has 0 unspecified atom stereocenters. The number of piperazine rings is 1. The van der Waals surface area contributed by atoms with Crippen LogP contribution < -0.4 is 9.62 Å². The maximum Gasteiger partial charge on any atom is 0.269 e. The van der Waals surface area contributed by atoms with Crippen molar-refractivity contribution in [1.29, 1.82) is 0 Å². The monoisotopic (exact) mass is 438 g/mol. The second kappa shape index (κ2) is 8.36. The Morgan fingerprint density at radius 1 is 1.10 bits per heavy atom. The maximum absolute atomic E-state index is 12.9. The van der Waals surface area contributed by atoms with Crippen LogP contribution in [0.5, 0.6) is 0 Å². The third-order valence-corrected chi connectivity index (χ3v) is 6.48. The van der Waals surface area contributed by atoms with E-state index in [4.69, 9.17) is 11.6 Å². The van der Waals surface area contributed by atoms with Gasteiger partial charge in [-0.15, -0.1) is 0 Å². The molecule has 1 amide bonds. The first-order valence-corrected chi connectivity index (χ1v) is 10.6. The van der Waals surface area contributed by atoms with Crippen molar-refractivity contribution < 1.29 is 18.1 Å². The van der Waals surface area contributed by atoms with E-state index in [2.05, 4.69) is 4.72 Å². The number of nitrogens with zero attached hydrogens (tertiary/aromatic N) is 3. The Balaban J connectivity index is 1.72. The highest BCUT2D eigenvalue weighted by atomic mass is 35.5. The van der Waals surface area contributed by atoms with E-state index < -0.39 is 14.9 Å². The third-order valence-electron chi connectivity index (χ3n) is 4.74. The zero-order valence-electron chi connectivity index (χ0n) is 15.5. The second-order valence-corrected chi connectivity index (χ2v) is 8.70. The average Bonchev–Trinajstić information content (AvgIpc) is 2.73. The Labute approximate surface area is 173 Å². The minimum atomic E-state index is -3.69. The molecule has 1 aliphatic heterocycles. The van der Waals surface area contributed by atoms with Gasteiger partial charge >= 0.3 is 0 Å². The van der Waals surface area contributed by atoms with Gasteiger partial charge < -0.3 is 9.80 Å². The van der Waals surface area contributed by atoms with Gasteiger partial charge in [-0.1, -0.05) is 11.6 Å². The zero-order chi connectivity index (χ0) is 21.2. The summed E-state index contributed by atoms with van der Waals surface area (Å²) in [4.78, 5) is 26.8. The highest BCUT2D eigenvalue weighted by Crippen LogP contribution is 2.24. The summed E-state index contributed by atoms with van der Waals surface area (Å²) in [6, 6.07) is 10.3. The van der Waals surface area contributed by atoms with Crippen LogP contribution in [0.25, 0.3) is 0 Å². The molecule has 0 atom stereocenters. The molecule has 1 saturated heterocycles. The number of nitro benzene ring substituents is 1. The fourth-order valence-corrected chi connectivity index (χ4v) is 4.03. The molecule has 9 nitrogen and oxygen atoms in total.